The lowest BCUT2D eigenvalue weighted by molar-refractivity contribution is 0.163. The molecule has 0 amide bonds. The first-order chi connectivity index (χ1) is 8.65. The molecule has 0 aromatic heterocycles. The Kier molecular flexibility index (Phi) is 5.91. The average molecular weight is 255 g/mol. The van der Waals surface area contributed by atoms with Crippen molar-refractivity contribution >= 4 is 0 Å². The summed E-state index contributed by atoms with van der Waals surface area (Å²) in [7, 11) is 3.20. The fourth-order valence-electron chi connectivity index (χ4n) is 1.78. The van der Waals surface area contributed by atoms with E-state index < -0.39 is 0 Å². The Balaban J connectivity index is 2.87. The molecule has 18 heavy (non-hydrogen) atoms. The number of benzene rings is 1. The molecule has 1 rings (SSSR count). The zero-order chi connectivity index (χ0) is 13.5. The van der Waals surface area contributed by atoms with Crippen LogP contribution in [0.4, 0.5) is 0 Å². The van der Waals surface area contributed by atoms with Crippen LogP contribution in [-0.4, -0.2) is 43.7 Å². The minimum Gasteiger partial charge on any atom is -0.497 e. The maximum Gasteiger partial charge on any atom is 0.127 e. The Bertz CT molecular complexity index is 366. The third-order valence-corrected chi connectivity index (χ3v) is 2.83. The fourth-order valence-corrected chi connectivity index (χ4v) is 1.78. The molecule has 3 N–H and O–H groups in total. The van der Waals surface area contributed by atoms with Crippen LogP contribution in [0.5, 0.6) is 11.5 Å². The van der Waals surface area contributed by atoms with E-state index in [-0.39, 0.29) is 25.3 Å². The number of nitrogens with one attached hydrogen (secondary N) is 1. The van der Waals surface area contributed by atoms with Crippen molar-refractivity contribution in [2.45, 2.75) is 19.0 Å². The molecule has 0 aliphatic heterocycles. The van der Waals surface area contributed by atoms with Crippen LogP contribution >= 0.6 is 0 Å². The van der Waals surface area contributed by atoms with Gasteiger partial charge in [0.05, 0.1) is 33.5 Å². The third-order valence-electron chi connectivity index (χ3n) is 2.83. The van der Waals surface area contributed by atoms with Crippen LogP contribution in [0.15, 0.2) is 18.2 Å². The van der Waals surface area contributed by atoms with Gasteiger partial charge in [-0.25, -0.2) is 0 Å². The summed E-state index contributed by atoms with van der Waals surface area (Å²) in [6.07, 6.45) is 0. The molecule has 0 fully saturated rings. The summed E-state index contributed by atoms with van der Waals surface area (Å²) < 4.78 is 10.4. The summed E-state index contributed by atoms with van der Waals surface area (Å²) in [5.74, 6) is 1.44. The predicted octanol–water partition coefficient (Wildman–Crippen LogP) is 0.708. The molecule has 0 aliphatic carbocycles. The van der Waals surface area contributed by atoms with Crippen molar-refractivity contribution in [2.24, 2.45) is 0 Å². The Hall–Kier alpha value is -1.30. The number of aliphatic hydroxyl groups excluding tert-OH is 2. The van der Waals surface area contributed by atoms with Crippen molar-refractivity contribution in [3.63, 3.8) is 0 Å². The smallest absolute Gasteiger partial charge is 0.127 e. The maximum atomic E-state index is 9.06. The van der Waals surface area contributed by atoms with Crippen LogP contribution in [0.2, 0.25) is 0 Å². The minimum absolute atomic E-state index is 0.0462. The van der Waals surface area contributed by atoms with Crippen molar-refractivity contribution in [1.82, 2.24) is 5.32 Å². The van der Waals surface area contributed by atoms with E-state index in [1.165, 1.54) is 0 Å². The molecule has 1 aromatic carbocycles. The molecule has 0 saturated carbocycles. The van der Waals surface area contributed by atoms with Crippen LogP contribution in [-0.2, 0) is 0 Å². The number of hydrogen-bond acceptors (Lipinski definition) is 5. The van der Waals surface area contributed by atoms with E-state index in [4.69, 9.17) is 19.7 Å². The monoisotopic (exact) mass is 255 g/mol. The lowest BCUT2D eigenvalue weighted by Crippen LogP contribution is -2.37. The zero-order valence-corrected chi connectivity index (χ0v) is 11.0. The fraction of sp³-hybridized carbons (Fsp3) is 0.538. The zero-order valence-electron chi connectivity index (χ0n) is 11.0. The summed E-state index contributed by atoms with van der Waals surface area (Å²) in [4.78, 5) is 0. The normalized spacial score (nSPS) is 12.6. The first kappa shape index (κ1) is 14.8. The van der Waals surface area contributed by atoms with Gasteiger partial charge >= 0.3 is 0 Å². The molecular formula is C13H21NO4. The van der Waals surface area contributed by atoms with E-state index in [1.807, 2.05) is 19.1 Å². The number of aliphatic hydroxyl groups is 2. The summed E-state index contributed by atoms with van der Waals surface area (Å²) in [5, 5.41) is 21.2. The summed E-state index contributed by atoms with van der Waals surface area (Å²) in [6.45, 7) is 1.72. The van der Waals surface area contributed by atoms with Gasteiger partial charge in [0.1, 0.15) is 11.5 Å². The second-order valence-corrected chi connectivity index (χ2v) is 4.06. The SMILES string of the molecule is COc1ccc(C(C)NC(CO)CO)c(OC)c1. The van der Waals surface area contributed by atoms with Gasteiger partial charge in [0, 0.05) is 17.7 Å². The topological polar surface area (TPSA) is 71.0 Å². The van der Waals surface area contributed by atoms with E-state index >= 15 is 0 Å². The average Bonchev–Trinajstić information content (AvgIpc) is 2.43. The predicted molar refractivity (Wildman–Crippen MR) is 69.1 cm³/mol. The maximum absolute atomic E-state index is 9.06. The van der Waals surface area contributed by atoms with Gasteiger partial charge in [-0.1, -0.05) is 6.07 Å². The van der Waals surface area contributed by atoms with Gasteiger partial charge in [0.25, 0.3) is 0 Å². The Morgan fingerprint density at radius 3 is 2.33 bits per heavy atom. The second kappa shape index (κ2) is 7.20. The molecule has 0 heterocycles. The van der Waals surface area contributed by atoms with Gasteiger partial charge in [-0.15, -0.1) is 0 Å². The largest absolute Gasteiger partial charge is 0.497 e. The standard InChI is InChI=1S/C13H21NO4/c1-9(14-10(7-15)8-16)12-5-4-11(17-2)6-13(12)18-3/h4-6,9-10,14-16H,7-8H2,1-3H3. The highest BCUT2D eigenvalue weighted by molar-refractivity contribution is 5.42. The van der Waals surface area contributed by atoms with Gasteiger partial charge in [0.2, 0.25) is 0 Å². The van der Waals surface area contributed by atoms with Gasteiger partial charge < -0.3 is 25.0 Å². The first-order valence-electron chi connectivity index (χ1n) is 5.86. The van der Waals surface area contributed by atoms with Gasteiger partial charge in [-0.3, -0.25) is 0 Å². The third kappa shape index (κ3) is 3.60. The van der Waals surface area contributed by atoms with E-state index in [1.54, 1.807) is 20.3 Å². The van der Waals surface area contributed by atoms with Gasteiger partial charge in [-0.2, -0.15) is 0 Å². The van der Waals surface area contributed by atoms with Crippen molar-refractivity contribution in [3.05, 3.63) is 23.8 Å². The Morgan fingerprint density at radius 1 is 1.17 bits per heavy atom. The number of hydrogen-bond donors (Lipinski definition) is 3. The lowest BCUT2D eigenvalue weighted by Gasteiger charge is -2.22. The molecule has 102 valence electrons. The minimum atomic E-state index is -0.341. The van der Waals surface area contributed by atoms with Crippen molar-refractivity contribution in [2.75, 3.05) is 27.4 Å². The van der Waals surface area contributed by atoms with E-state index in [2.05, 4.69) is 5.32 Å². The highest BCUT2D eigenvalue weighted by Gasteiger charge is 2.15. The molecule has 0 bridgehead atoms. The molecule has 1 aromatic rings. The number of ether oxygens (including phenoxy) is 2. The Labute approximate surface area is 107 Å². The highest BCUT2D eigenvalue weighted by Crippen LogP contribution is 2.29. The summed E-state index contributed by atoms with van der Waals surface area (Å²) >= 11 is 0. The molecule has 1 atom stereocenters. The van der Waals surface area contributed by atoms with Crippen molar-refractivity contribution in [3.8, 4) is 11.5 Å². The number of rotatable bonds is 7. The molecule has 5 heteroatoms. The lowest BCUT2D eigenvalue weighted by atomic mass is 10.1. The van der Waals surface area contributed by atoms with Crippen LogP contribution in [0.3, 0.4) is 0 Å². The van der Waals surface area contributed by atoms with Crippen LogP contribution in [0.1, 0.15) is 18.5 Å². The molecule has 0 spiro atoms. The Morgan fingerprint density at radius 2 is 1.83 bits per heavy atom. The molecule has 0 radical (unpaired) electrons. The quantitative estimate of drug-likeness (QED) is 0.669. The van der Waals surface area contributed by atoms with Crippen LogP contribution in [0.25, 0.3) is 0 Å². The van der Waals surface area contributed by atoms with Crippen LogP contribution < -0.4 is 14.8 Å². The summed E-state index contributed by atoms with van der Waals surface area (Å²) in [6, 6.07) is 5.17. The van der Waals surface area contributed by atoms with Gasteiger partial charge in [0.15, 0.2) is 0 Å². The highest BCUT2D eigenvalue weighted by atomic mass is 16.5. The number of methoxy groups -OCH3 is 2. The van der Waals surface area contributed by atoms with E-state index in [0.29, 0.717) is 5.75 Å². The van der Waals surface area contributed by atoms with E-state index in [9.17, 15) is 0 Å². The molecule has 0 aliphatic rings. The molecular weight excluding hydrogens is 234 g/mol. The van der Waals surface area contributed by atoms with Crippen molar-refractivity contribution in [1.29, 1.82) is 0 Å². The van der Waals surface area contributed by atoms with Gasteiger partial charge in [-0.05, 0) is 13.0 Å². The summed E-state index contributed by atoms with van der Waals surface area (Å²) in [5.41, 5.74) is 0.949. The molecule has 5 nitrogen and oxygen atoms in total. The van der Waals surface area contributed by atoms with Crippen molar-refractivity contribution < 1.29 is 19.7 Å². The van der Waals surface area contributed by atoms with E-state index in [0.717, 1.165) is 11.3 Å². The van der Waals surface area contributed by atoms with Crippen LogP contribution in [0, 0.1) is 0 Å². The first-order valence-corrected chi connectivity index (χ1v) is 5.86. The molecule has 1 unspecified atom stereocenters. The molecule has 0 saturated heterocycles. The second-order valence-electron chi connectivity index (χ2n) is 4.06.